The van der Waals surface area contributed by atoms with Crippen LogP contribution in [0.15, 0.2) is 41.3 Å². The van der Waals surface area contributed by atoms with Crippen LogP contribution in [-0.4, -0.2) is 30.7 Å². The van der Waals surface area contributed by atoms with Crippen LogP contribution in [0.3, 0.4) is 0 Å². The van der Waals surface area contributed by atoms with Crippen molar-refractivity contribution < 1.29 is 9.94 Å². The van der Waals surface area contributed by atoms with Crippen molar-refractivity contribution in [2.45, 2.75) is 76.0 Å². The number of allylic oxidation sites excluding steroid dienone is 2. The van der Waals surface area contributed by atoms with Gasteiger partial charge in [-0.25, -0.2) is 5.48 Å². The number of hydrogen-bond acceptors (Lipinski definition) is 5. The predicted molar refractivity (Wildman–Crippen MR) is 122 cm³/mol. The molecule has 160 valence electrons. The van der Waals surface area contributed by atoms with Gasteiger partial charge in [-0.15, -0.1) is 11.8 Å². The molecule has 0 bridgehead atoms. The van der Waals surface area contributed by atoms with E-state index in [1.807, 2.05) is 18.2 Å². The number of phenols is 1. The number of unbranched alkanes of at least 4 members (excludes halogenated alkanes) is 7. The Labute approximate surface area is 176 Å². The summed E-state index contributed by atoms with van der Waals surface area (Å²) in [5.74, 6) is 1.48. The molecule has 28 heavy (non-hydrogen) atoms. The second kappa shape index (κ2) is 19.3. The topological polar surface area (TPSA) is 53.5 Å². The third-order valence-corrected chi connectivity index (χ3v) is 5.59. The molecule has 0 aliphatic carbocycles. The summed E-state index contributed by atoms with van der Waals surface area (Å²) in [7, 11) is 0. The lowest BCUT2D eigenvalue weighted by molar-refractivity contribution is 0.0277. The molecule has 0 unspecified atom stereocenters. The molecule has 0 aliphatic heterocycles. The summed E-state index contributed by atoms with van der Waals surface area (Å²) in [5.41, 5.74) is 2.99. The predicted octanol–water partition coefficient (Wildman–Crippen LogP) is 6.03. The van der Waals surface area contributed by atoms with Crippen molar-refractivity contribution in [2.24, 2.45) is 0 Å². The maximum absolute atomic E-state index is 9.72. The molecule has 0 heterocycles. The molecule has 0 aromatic heterocycles. The van der Waals surface area contributed by atoms with Crippen LogP contribution in [-0.2, 0) is 4.84 Å². The maximum Gasteiger partial charge on any atom is 0.129 e. The fraction of sp³-hybridized carbons (Fsp3) is 0.652. The van der Waals surface area contributed by atoms with E-state index in [0.717, 1.165) is 23.7 Å². The van der Waals surface area contributed by atoms with Gasteiger partial charge in [0, 0.05) is 11.4 Å². The van der Waals surface area contributed by atoms with Gasteiger partial charge in [0.25, 0.3) is 0 Å². The molecule has 0 aliphatic rings. The van der Waals surface area contributed by atoms with Crippen molar-refractivity contribution in [3.63, 3.8) is 0 Å². The number of hydroxylamine groups is 1. The Bertz CT molecular complexity index is 497. The average molecular weight is 409 g/mol. The smallest absolute Gasteiger partial charge is 0.129 e. The van der Waals surface area contributed by atoms with Crippen molar-refractivity contribution in [3.05, 3.63) is 36.4 Å². The molecule has 0 radical (unpaired) electrons. The van der Waals surface area contributed by atoms with Gasteiger partial charge in [0.15, 0.2) is 0 Å². The van der Waals surface area contributed by atoms with Crippen LogP contribution in [0.1, 0.15) is 71.1 Å². The van der Waals surface area contributed by atoms with E-state index in [2.05, 4.69) is 29.9 Å². The lowest BCUT2D eigenvalue weighted by Crippen LogP contribution is -2.26. The van der Waals surface area contributed by atoms with Gasteiger partial charge in [0.05, 0.1) is 0 Å². The molecule has 1 rings (SSSR count). The highest BCUT2D eigenvalue weighted by Gasteiger charge is 1.99. The van der Waals surface area contributed by atoms with Crippen molar-refractivity contribution in [1.82, 2.24) is 10.8 Å². The van der Waals surface area contributed by atoms with Gasteiger partial charge in [-0.3, -0.25) is 10.2 Å². The van der Waals surface area contributed by atoms with Crippen LogP contribution in [0.2, 0.25) is 0 Å². The average Bonchev–Trinajstić information content (AvgIpc) is 2.71. The Hall–Kier alpha value is -1.01. The van der Waals surface area contributed by atoms with E-state index in [9.17, 15) is 5.11 Å². The van der Waals surface area contributed by atoms with Crippen molar-refractivity contribution in [2.75, 3.05) is 25.6 Å². The van der Waals surface area contributed by atoms with Gasteiger partial charge >= 0.3 is 0 Å². The van der Waals surface area contributed by atoms with E-state index in [0.29, 0.717) is 12.5 Å². The summed E-state index contributed by atoms with van der Waals surface area (Å²) in [5, 5.41) is 13.0. The first-order valence-corrected chi connectivity index (χ1v) is 11.9. The second-order valence-corrected chi connectivity index (χ2v) is 8.16. The minimum Gasteiger partial charge on any atom is -0.507 e. The van der Waals surface area contributed by atoms with Crippen LogP contribution < -0.4 is 10.8 Å². The first-order chi connectivity index (χ1) is 13.8. The summed E-state index contributed by atoms with van der Waals surface area (Å²) in [4.78, 5) is 6.31. The van der Waals surface area contributed by atoms with Gasteiger partial charge in [0.2, 0.25) is 0 Å². The molecule has 0 saturated carbocycles. The molecular weight excluding hydrogens is 368 g/mol. The highest BCUT2D eigenvalue weighted by Crippen LogP contribution is 2.28. The van der Waals surface area contributed by atoms with Crippen molar-refractivity contribution >= 4 is 11.8 Å². The Morgan fingerprint density at radius 3 is 2.46 bits per heavy atom. The molecule has 4 nitrogen and oxygen atoms in total. The fourth-order valence-corrected chi connectivity index (χ4v) is 3.70. The number of hydrogen-bond donors (Lipinski definition) is 3. The first kappa shape index (κ1) is 25.0. The monoisotopic (exact) mass is 408 g/mol. The van der Waals surface area contributed by atoms with E-state index < -0.39 is 0 Å². The van der Waals surface area contributed by atoms with Crippen LogP contribution in [0, 0.1) is 0 Å². The van der Waals surface area contributed by atoms with Crippen molar-refractivity contribution in [3.8, 4) is 5.75 Å². The number of aromatic hydroxyl groups is 1. The normalized spacial score (nSPS) is 11.5. The number of phenolic OH excluding ortho intramolecular Hbond substituents is 1. The Kier molecular flexibility index (Phi) is 17.3. The first-order valence-electron chi connectivity index (χ1n) is 11.0. The molecule has 0 atom stereocenters. The lowest BCUT2D eigenvalue weighted by Gasteiger charge is -2.06. The molecule has 1 aromatic carbocycles. The van der Waals surface area contributed by atoms with Gasteiger partial charge < -0.3 is 5.11 Å². The van der Waals surface area contributed by atoms with E-state index in [1.165, 1.54) is 64.2 Å². The Balaban J connectivity index is 1.77. The second-order valence-electron chi connectivity index (χ2n) is 7.02. The highest BCUT2D eigenvalue weighted by molar-refractivity contribution is 7.99. The molecule has 5 heteroatoms. The van der Waals surface area contributed by atoms with Gasteiger partial charge in [-0.1, -0.05) is 50.5 Å². The summed E-state index contributed by atoms with van der Waals surface area (Å²) in [6, 6.07) is 7.58. The summed E-state index contributed by atoms with van der Waals surface area (Å²) < 4.78 is 0. The molecule has 1 aromatic rings. The SMILES string of the molecule is CCCCCNOCNCCCC/C=C\CCCCCSc1ccccc1O. The molecule has 3 N–H and O–H groups in total. The summed E-state index contributed by atoms with van der Waals surface area (Å²) >= 11 is 1.75. The third-order valence-electron chi connectivity index (χ3n) is 4.44. The van der Waals surface area contributed by atoms with Gasteiger partial charge in [-0.2, -0.15) is 0 Å². The van der Waals surface area contributed by atoms with E-state index in [4.69, 9.17) is 4.84 Å². The minimum absolute atomic E-state index is 0.400. The maximum atomic E-state index is 9.72. The van der Waals surface area contributed by atoms with Crippen LogP contribution in [0.4, 0.5) is 0 Å². The van der Waals surface area contributed by atoms with E-state index >= 15 is 0 Å². The number of rotatable bonds is 19. The molecule has 0 amide bonds. The largest absolute Gasteiger partial charge is 0.507 e. The van der Waals surface area contributed by atoms with Crippen LogP contribution in [0.5, 0.6) is 5.75 Å². The fourth-order valence-electron chi connectivity index (χ4n) is 2.74. The van der Waals surface area contributed by atoms with Gasteiger partial charge in [0.1, 0.15) is 12.5 Å². The zero-order valence-electron chi connectivity index (χ0n) is 17.6. The minimum atomic E-state index is 0.400. The number of benzene rings is 1. The number of para-hydroxylation sites is 1. The summed E-state index contributed by atoms with van der Waals surface area (Å²) in [6.07, 6.45) is 16.8. The van der Waals surface area contributed by atoms with E-state index in [-0.39, 0.29) is 0 Å². The molecule has 0 spiro atoms. The standard InChI is InChI=1S/C23H40N2O2S/c1-2-3-13-19-25-27-21-24-18-14-9-7-5-4-6-8-10-15-20-28-23-17-12-11-16-22(23)26/h4-5,11-12,16-17,24-26H,2-3,6-10,13-15,18-21H2,1H3/b5-4-. The highest BCUT2D eigenvalue weighted by atomic mass is 32.2. The number of thioether (sulfide) groups is 1. The molecule has 0 fully saturated rings. The van der Waals surface area contributed by atoms with Crippen LogP contribution in [0.25, 0.3) is 0 Å². The Morgan fingerprint density at radius 1 is 0.929 bits per heavy atom. The van der Waals surface area contributed by atoms with E-state index in [1.54, 1.807) is 17.8 Å². The van der Waals surface area contributed by atoms with Crippen LogP contribution >= 0.6 is 11.8 Å². The quantitative estimate of drug-likeness (QED) is 0.0858. The molecule has 0 saturated heterocycles. The van der Waals surface area contributed by atoms with Crippen molar-refractivity contribution in [1.29, 1.82) is 0 Å². The lowest BCUT2D eigenvalue weighted by atomic mass is 10.1. The zero-order valence-corrected chi connectivity index (χ0v) is 18.4. The zero-order chi connectivity index (χ0) is 20.1. The third kappa shape index (κ3) is 15.0. The molecular formula is C23H40N2O2S. The number of nitrogens with one attached hydrogen (secondary N) is 2. The van der Waals surface area contributed by atoms with Gasteiger partial charge in [-0.05, 0) is 69.4 Å². The Morgan fingerprint density at radius 2 is 1.68 bits per heavy atom. The summed E-state index contributed by atoms with van der Waals surface area (Å²) in [6.45, 7) is 4.75.